The van der Waals surface area contributed by atoms with E-state index in [4.69, 9.17) is 5.73 Å². The molecule has 5 nitrogen and oxygen atoms in total. The van der Waals surface area contributed by atoms with Gasteiger partial charge in [-0.2, -0.15) is 4.37 Å². The Hall–Kier alpha value is -1.30. The van der Waals surface area contributed by atoms with Gasteiger partial charge in [0.1, 0.15) is 10.6 Å². The predicted octanol–water partition coefficient (Wildman–Crippen LogP) is 1.48. The molecule has 1 aromatic heterocycles. The fourth-order valence-corrected chi connectivity index (χ4v) is 2.22. The number of nitrogen functional groups attached to an aromatic ring is 1. The summed E-state index contributed by atoms with van der Waals surface area (Å²) < 4.78 is 8.61. The first kappa shape index (κ1) is 10.2. The number of ether oxygens (including phenoxy) is 1. The van der Waals surface area contributed by atoms with Crippen LogP contribution in [-0.2, 0) is 4.74 Å². The van der Waals surface area contributed by atoms with Crippen LogP contribution in [0.1, 0.15) is 29.6 Å². The molecule has 2 rings (SSSR count). The maximum Gasteiger partial charge on any atom is 0.344 e. The molecule has 1 heterocycles. The minimum atomic E-state index is -0.428. The molecular formula is C9H13N3O2S. The number of rotatable bonds is 3. The van der Waals surface area contributed by atoms with Crippen molar-refractivity contribution in [1.82, 2.24) is 4.37 Å². The van der Waals surface area contributed by atoms with Crippen LogP contribution in [0.15, 0.2) is 0 Å². The summed E-state index contributed by atoms with van der Waals surface area (Å²) in [6.45, 7) is 0. The van der Waals surface area contributed by atoms with E-state index in [0.29, 0.717) is 11.6 Å². The minimum absolute atomic E-state index is 0.244. The van der Waals surface area contributed by atoms with Crippen molar-refractivity contribution in [2.75, 3.05) is 18.2 Å². The first-order chi connectivity index (χ1) is 7.22. The number of hydrogen-bond donors (Lipinski definition) is 2. The lowest BCUT2D eigenvalue weighted by Gasteiger charge is -2.26. The normalized spacial score (nSPS) is 15.8. The lowest BCUT2D eigenvalue weighted by Crippen LogP contribution is -2.27. The largest absolute Gasteiger partial charge is 0.465 e. The van der Waals surface area contributed by atoms with Crippen LogP contribution in [0, 0.1) is 0 Å². The van der Waals surface area contributed by atoms with E-state index in [1.165, 1.54) is 25.1 Å². The molecule has 0 saturated heterocycles. The second kappa shape index (κ2) is 4.06. The van der Waals surface area contributed by atoms with Gasteiger partial charge in [-0.05, 0) is 30.8 Å². The zero-order chi connectivity index (χ0) is 10.8. The molecule has 0 atom stereocenters. The first-order valence-corrected chi connectivity index (χ1v) is 5.59. The van der Waals surface area contributed by atoms with Gasteiger partial charge in [0.05, 0.1) is 7.11 Å². The zero-order valence-electron chi connectivity index (χ0n) is 8.45. The van der Waals surface area contributed by atoms with Gasteiger partial charge in [-0.25, -0.2) is 4.79 Å². The second-order valence-corrected chi connectivity index (χ2v) is 4.31. The summed E-state index contributed by atoms with van der Waals surface area (Å²) in [5.74, 6) is -0.184. The van der Waals surface area contributed by atoms with E-state index in [-0.39, 0.29) is 5.82 Å². The van der Waals surface area contributed by atoms with Crippen LogP contribution in [0.3, 0.4) is 0 Å². The van der Waals surface area contributed by atoms with Crippen molar-refractivity contribution in [3.05, 3.63) is 5.56 Å². The zero-order valence-corrected chi connectivity index (χ0v) is 9.26. The van der Waals surface area contributed by atoms with Crippen molar-refractivity contribution in [1.29, 1.82) is 0 Å². The molecule has 6 heteroatoms. The molecule has 0 radical (unpaired) electrons. The summed E-state index contributed by atoms with van der Waals surface area (Å²) in [6, 6.07) is 0.452. The molecule has 82 valence electrons. The smallest absolute Gasteiger partial charge is 0.344 e. The Morgan fingerprint density at radius 3 is 2.93 bits per heavy atom. The minimum Gasteiger partial charge on any atom is -0.465 e. The number of carbonyl (C=O) groups is 1. The average Bonchev–Trinajstić information content (AvgIpc) is 2.52. The molecule has 0 amide bonds. The maximum absolute atomic E-state index is 11.4. The van der Waals surface area contributed by atoms with Gasteiger partial charge in [0.15, 0.2) is 5.82 Å². The Kier molecular flexibility index (Phi) is 2.77. The fraction of sp³-hybridized carbons (Fsp3) is 0.556. The van der Waals surface area contributed by atoms with Gasteiger partial charge in [-0.1, -0.05) is 0 Å². The molecule has 0 spiro atoms. The SMILES string of the molecule is COC(=O)c1c(N)nsc1NC1CCC1. The van der Waals surface area contributed by atoms with Crippen LogP contribution in [0.5, 0.6) is 0 Å². The summed E-state index contributed by atoms with van der Waals surface area (Å²) in [5.41, 5.74) is 5.98. The van der Waals surface area contributed by atoms with Gasteiger partial charge in [0, 0.05) is 6.04 Å². The fourth-order valence-electron chi connectivity index (χ4n) is 1.44. The number of nitrogens with zero attached hydrogens (tertiary/aromatic N) is 1. The van der Waals surface area contributed by atoms with Crippen LogP contribution in [0.25, 0.3) is 0 Å². The molecule has 1 aromatic rings. The van der Waals surface area contributed by atoms with E-state index in [9.17, 15) is 4.79 Å². The van der Waals surface area contributed by atoms with E-state index in [1.54, 1.807) is 0 Å². The Balaban J connectivity index is 2.18. The standard InChI is InChI=1S/C9H13N3O2S/c1-14-9(13)6-7(10)12-15-8(6)11-5-3-2-4-5/h5,11H,2-4H2,1H3,(H2,10,12). The molecule has 0 unspecified atom stereocenters. The van der Waals surface area contributed by atoms with E-state index in [0.717, 1.165) is 17.8 Å². The topological polar surface area (TPSA) is 77.2 Å². The Morgan fingerprint density at radius 2 is 2.40 bits per heavy atom. The molecule has 1 aliphatic carbocycles. The number of esters is 1. The third-order valence-electron chi connectivity index (χ3n) is 2.55. The van der Waals surface area contributed by atoms with Crippen molar-refractivity contribution in [3.63, 3.8) is 0 Å². The Labute approximate surface area is 91.8 Å². The third kappa shape index (κ3) is 1.90. The van der Waals surface area contributed by atoms with Gasteiger partial charge in [-0.15, -0.1) is 0 Å². The number of carbonyl (C=O) groups excluding carboxylic acids is 1. The van der Waals surface area contributed by atoms with Crippen LogP contribution in [0.4, 0.5) is 10.8 Å². The quantitative estimate of drug-likeness (QED) is 0.765. The van der Waals surface area contributed by atoms with Crippen LogP contribution < -0.4 is 11.1 Å². The molecule has 3 N–H and O–H groups in total. The Bertz CT molecular complexity index is 373. The molecule has 1 saturated carbocycles. The van der Waals surface area contributed by atoms with Crippen molar-refractivity contribution in [2.45, 2.75) is 25.3 Å². The second-order valence-electron chi connectivity index (χ2n) is 3.54. The summed E-state index contributed by atoms with van der Waals surface area (Å²) in [7, 11) is 1.34. The number of methoxy groups -OCH3 is 1. The number of hydrogen-bond acceptors (Lipinski definition) is 6. The van der Waals surface area contributed by atoms with Crippen molar-refractivity contribution in [2.24, 2.45) is 0 Å². The molecule has 0 bridgehead atoms. The number of nitrogens with one attached hydrogen (secondary N) is 1. The highest BCUT2D eigenvalue weighted by Gasteiger charge is 2.24. The first-order valence-electron chi connectivity index (χ1n) is 4.82. The molecule has 0 aromatic carbocycles. The van der Waals surface area contributed by atoms with Crippen LogP contribution in [-0.4, -0.2) is 23.5 Å². The lowest BCUT2D eigenvalue weighted by molar-refractivity contribution is 0.0603. The predicted molar refractivity (Wildman–Crippen MR) is 59.1 cm³/mol. The highest BCUT2D eigenvalue weighted by atomic mass is 32.1. The Morgan fingerprint density at radius 1 is 1.67 bits per heavy atom. The highest BCUT2D eigenvalue weighted by Crippen LogP contribution is 2.31. The van der Waals surface area contributed by atoms with E-state index >= 15 is 0 Å². The van der Waals surface area contributed by atoms with E-state index < -0.39 is 5.97 Å². The molecule has 1 fully saturated rings. The van der Waals surface area contributed by atoms with Crippen molar-refractivity contribution >= 4 is 28.3 Å². The van der Waals surface area contributed by atoms with Gasteiger partial charge in [0.2, 0.25) is 0 Å². The monoisotopic (exact) mass is 227 g/mol. The van der Waals surface area contributed by atoms with Gasteiger partial charge >= 0.3 is 5.97 Å². The van der Waals surface area contributed by atoms with Gasteiger partial charge in [0.25, 0.3) is 0 Å². The van der Waals surface area contributed by atoms with E-state index in [2.05, 4.69) is 14.4 Å². The molecule has 1 aliphatic rings. The van der Waals surface area contributed by atoms with Gasteiger partial charge < -0.3 is 15.8 Å². The van der Waals surface area contributed by atoms with Crippen molar-refractivity contribution in [3.8, 4) is 0 Å². The van der Waals surface area contributed by atoms with Gasteiger partial charge in [-0.3, -0.25) is 0 Å². The highest BCUT2D eigenvalue weighted by molar-refractivity contribution is 7.11. The summed E-state index contributed by atoms with van der Waals surface area (Å²) in [5, 5.41) is 3.98. The summed E-state index contributed by atoms with van der Waals surface area (Å²) in [4.78, 5) is 11.4. The molecular weight excluding hydrogens is 214 g/mol. The summed E-state index contributed by atoms with van der Waals surface area (Å²) >= 11 is 1.21. The number of anilines is 2. The molecule has 15 heavy (non-hydrogen) atoms. The van der Waals surface area contributed by atoms with E-state index in [1.807, 2.05) is 0 Å². The number of nitrogens with two attached hydrogens (primary N) is 1. The average molecular weight is 227 g/mol. The number of aromatic nitrogens is 1. The molecule has 0 aliphatic heterocycles. The summed E-state index contributed by atoms with van der Waals surface area (Å²) in [6.07, 6.45) is 3.51. The lowest BCUT2D eigenvalue weighted by atomic mass is 9.93. The van der Waals surface area contributed by atoms with Crippen molar-refractivity contribution < 1.29 is 9.53 Å². The maximum atomic E-state index is 11.4. The van der Waals surface area contributed by atoms with Crippen LogP contribution in [0.2, 0.25) is 0 Å². The third-order valence-corrected chi connectivity index (χ3v) is 3.34. The van der Waals surface area contributed by atoms with Crippen LogP contribution >= 0.6 is 11.5 Å².